The summed E-state index contributed by atoms with van der Waals surface area (Å²) in [6.45, 7) is 6.53. The number of hydrogen-bond donors (Lipinski definition) is 0. The van der Waals surface area contributed by atoms with Crippen LogP contribution in [0.15, 0.2) is 85.1 Å². The van der Waals surface area contributed by atoms with E-state index in [9.17, 15) is 14.4 Å². The van der Waals surface area contributed by atoms with E-state index < -0.39 is 6.10 Å². The van der Waals surface area contributed by atoms with E-state index in [2.05, 4.69) is 106 Å². The molecule has 0 aliphatic rings. The molecular formula is C73H128O6. The zero-order valence-electron chi connectivity index (χ0n) is 52.4. The molecule has 1 atom stereocenters. The molecule has 0 spiro atoms. The summed E-state index contributed by atoms with van der Waals surface area (Å²) in [7, 11) is 0. The predicted molar refractivity (Wildman–Crippen MR) is 344 cm³/mol. The van der Waals surface area contributed by atoms with Gasteiger partial charge in [-0.2, -0.15) is 0 Å². The Hall–Kier alpha value is -3.41. The van der Waals surface area contributed by atoms with Crippen LogP contribution in [-0.4, -0.2) is 37.2 Å². The Morgan fingerprint density at radius 1 is 0.266 bits per heavy atom. The lowest BCUT2D eigenvalue weighted by molar-refractivity contribution is -0.167. The van der Waals surface area contributed by atoms with Crippen molar-refractivity contribution in [2.24, 2.45) is 0 Å². The average Bonchev–Trinajstić information content (AvgIpc) is 3.45. The van der Waals surface area contributed by atoms with Crippen molar-refractivity contribution in [1.29, 1.82) is 0 Å². The first-order valence-corrected chi connectivity index (χ1v) is 34.1. The van der Waals surface area contributed by atoms with Gasteiger partial charge in [0.15, 0.2) is 6.10 Å². The molecule has 0 fully saturated rings. The Morgan fingerprint density at radius 3 is 0.810 bits per heavy atom. The molecule has 0 aromatic rings. The van der Waals surface area contributed by atoms with Crippen molar-refractivity contribution in [3.05, 3.63) is 85.1 Å². The molecule has 0 heterocycles. The van der Waals surface area contributed by atoms with Gasteiger partial charge in [-0.05, 0) is 96.3 Å². The summed E-state index contributed by atoms with van der Waals surface area (Å²) in [4.78, 5) is 38.4. The Kier molecular flexibility index (Phi) is 64.2. The van der Waals surface area contributed by atoms with Gasteiger partial charge in [-0.15, -0.1) is 0 Å². The summed E-state index contributed by atoms with van der Waals surface area (Å²) in [6.07, 6.45) is 88.9. The molecule has 0 bridgehead atoms. The molecule has 79 heavy (non-hydrogen) atoms. The normalized spacial score (nSPS) is 12.6. The van der Waals surface area contributed by atoms with Crippen molar-refractivity contribution < 1.29 is 28.6 Å². The van der Waals surface area contributed by atoms with Crippen LogP contribution in [0.5, 0.6) is 0 Å². The van der Waals surface area contributed by atoms with E-state index >= 15 is 0 Å². The molecule has 0 aliphatic heterocycles. The van der Waals surface area contributed by atoms with E-state index in [0.717, 1.165) is 89.9 Å². The Balaban J connectivity index is 4.41. The van der Waals surface area contributed by atoms with Gasteiger partial charge < -0.3 is 14.2 Å². The minimum Gasteiger partial charge on any atom is -0.462 e. The summed E-state index contributed by atoms with van der Waals surface area (Å²) in [5.74, 6) is -0.924. The van der Waals surface area contributed by atoms with E-state index in [1.165, 1.54) is 205 Å². The maximum atomic E-state index is 12.9. The first-order chi connectivity index (χ1) is 39.0. The number of hydrogen-bond acceptors (Lipinski definition) is 6. The van der Waals surface area contributed by atoms with E-state index in [0.29, 0.717) is 19.3 Å². The molecule has 456 valence electrons. The molecule has 0 amide bonds. The Labute approximate surface area is 490 Å². The van der Waals surface area contributed by atoms with Crippen molar-refractivity contribution in [3.63, 3.8) is 0 Å². The van der Waals surface area contributed by atoms with Crippen LogP contribution < -0.4 is 0 Å². The van der Waals surface area contributed by atoms with Gasteiger partial charge in [0, 0.05) is 19.3 Å². The van der Waals surface area contributed by atoms with Gasteiger partial charge in [0.1, 0.15) is 13.2 Å². The van der Waals surface area contributed by atoms with Crippen molar-refractivity contribution in [2.45, 2.75) is 348 Å². The van der Waals surface area contributed by atoms with Crippen LogP contribution in [0.3, 0.4) is 0 Å². The standard InChI is InChI=1S/C73H128O6/c1-4-7-10-13-16-19-22-25-28-31-33-35-36-38-39-42-45-48-51-54-57-60-63-66-72(75)78-69-70(68-77-71(74)65-62-59-56-53-50-47-44-41-30-27-24-21-18-15-12-9-6-3)79-73(76)67-64-61-58-55-52-49-46-43-40-37-34-32-29-26-23-20-17-14-11-8-5-2/h8,11,17,20,26-27,29-30,34,37,43,46,52,55,70H,4-7,9-10,12-16,18-19,21-25,28,31-33,35-36,38-42,44-45,47-51,53-54,56-69H2,1-3H3/b11-8-,20-17-,29-26-,30-27-,37-34-,46-43-,55-52-. The molecule has 0 N–H and O–H groups in total. The van der Waals surface area contributed by atoms with Crippen LogP contribution in [-0.2, 0) is 28.6 Å². The zero-order chi connectivity index (χ0) is 57.1. The second kappa shape index (κ2) is 67.1. The highest BCUT2D eigenvalue weighted by molar-refractivity contribution is 5.71. The zero-order valence-corrected chi connectivity index (χ0v) is 52.4. The highest BCUT2D eigenvalue weighted by Crippen LogP contribution is 2.17. The van der Waals surface area contributed by atoms with Gasteiger partial charge in [-0.25, -0.2) is 0 Å². The van der Waals surface area contributed by atoms with Crippen molar-refractivity contribution >= 4 is 17.9 Å². The first kappa shape index (κ1) is 75.6. The fourth-order valence-corrected chi connectivity index (χ4v) is 9.80. The van der Waals surface area contributed by atoms with Crippen molar-refractivity contribution in [2.75, 3.05) is 13.2 Å². The molecule has 6 nitrogen and oxygen atoms in total. The van der Waals surface area contributed by atoms with Crippen LogP contribution >= 0.6 is 0 Å². The monoisotopic (exact) mass is 1100 g/mol. The van der Waals surface area contributed by atoms with Gasteiger partial charge in [-0.3, -0.25) is 14.4 Å². The average molecular weight is 1100 g/mol. The van der Waals surface area contributed by atoms with Crippen LogP contribution in [0.25, 0.3) is 0 Å². The maximum Gasteiger partial charge on any atom is 0.306 e. The highest BCUT2D eigenvalue weighted by Gasteiger charge is 2.19. The quantitative estimate of drug-likeness (QED) is 0.0261. The number of unbranched alkanes of at least 4 members (excludes halogenated alkanes) is 37. The highest BCUT2D eigenvalue weighted by atomic mass is 16.6. The molecule has 0 aliphatic carbocycles. The van der Waals surface area contributed by atoms with Gasteiger partial charge >= 0.3 is 17.9 Å². The molecule has 0 aromatic carbocycles. The lowest BCUT2D eigenvalue weighted by Crippen LogP contribution is -2.30. The summed E-state index contributed by atoms with van der Waals surface area (Å²) in [5, 5.41) is 0. The fraction of sp³-hybridized carbons (Fsp3) is 0.767. The second-order valence-electron chi connectivity index (χ2n) is 22.7. The summed E-state index contributed by atoms with van der Waals surface area (Å²) < 4.78 is 16.9. The lowest BCUT2D eigenvalue weighted by atomic mass is 10.0. The molecule has 0 aromatic heterocycles. The summed E-state index contributed by atoms with van der Waals surface area (Å²) >= 11 is 0. The molecule has 0 rings (SSSR count). The van der Waals surface area contributed by atoms with Crippen molar-refractivity contribution in [3.8, 4) is 0 Å². The van der Waals surface area contributed by atoms with Crippen LogP contribution in [0.4, 0.5) is 0 Å². The third kappa shape index (κ3) is 65.3. The third-order valence-corrected chi connectivity index (χ3v) is 14.9. The fourth-order valence-electron chi connectivity index (χ4n) is 9.80. The molecule has 0 saturated heterocycles. The van der Waals surface area contributed by atoms with Gasteiger partial charge in [0.2, 0.25) is 0 Å². The van der Waals surface area contributed by atoms with Crippen LogP contribution in [0.1, 0.15) is 342 Å². The largest absolute Gasteiger partial charge is 0.462 e. The van der Waals surface area contributed by atoms with E-state index in [1.807, 2.05) is 0 Å². The molecule has 0 saturated carbocycles. The third-order valence-electron chi connectivity index (χ3n) is 14.9. The SMILES string of the molecule is CC/C=C\C/C=C\C/C=C\C/C=C\C/C=C\C/C=C\CCCCC(=O)OC(COC(=O)CCCCCCCCC/C=C\CCCCCCCC)COC(=O)CCCCCCCCCCCCCCCCCCCCCCCCC. The van der Waals surface area contributed by atoms with Crippen molar-refractivity contribution in [1.82, 2.24) is 0 Å². The predicted octanol–water partition coefficient (Wildman–Crippen LogP) is 23.4. The smallest absolute Gasteiger partial charge is 0.306 e. The number of carbonyl (C=O) groups excluding carboxylic acids is 3. The number of allylic oxidation sites excluding steroid dienone is 14. The van der Waals surface area contributed by atoms with Gasteiger partial charge in [0.05, 0.1) is 0 Å². The number of rotatable bonds is 62. The molecule has 1 unspecified atom stereocenters. The van der Waals surface area contributed by atoms with Gasteiger partial charge in [0.25, 0.3) is 0 Å². The minimum absolute atomic E-state index is 0.0926. The maximum absolute atomic E-state index is 12.9. The molecule has 6 heteroatoms. The van der Waals surface area contributed by atoms with Crippen LogP contribution in [0.2, 0.25) is 0 Å². The van der Waals surface area contributed by atoms with E-state index in [4.69, 9.17) is 14.2 Å². The summed E-state index contributed by atoms with van der Waals surface area (Å²) in [6, 6.07) is 0. The first-order valence-electron chi connectivity index (χ1n) is 34.1. The van der Waals surface area contributed by atoms with Gasteiger partial charge in [-0.1, -0.05) is 311 Å². The number of carbonyl (C=O) groups is 3. The second-order valence-corrected chi connectivity index (χ2v) is 22.7. The van der Waals surface area contributed by atoms with E-state index in [1.54, 1.807) is 0 Å². The van der Waals surface area contributed by atoms with E-state index in [-0.39, 0.29) is 37.5 Å². The molecule has 0 radical (unpaired) electrons. The molecular weight excluding hydrogens is 973 g/mol. The topological polar surface area (TPSA) is 78.9 Å². The Morgan fingerprint density at radius 2 is 0.494 bits per heavy atom. The Bertz CT molecular complexity index is 1500. The minimum atomic E-state index is -0.802. The van der Waals surface area contributed by atoms with Crippen LogP contribution in [0, 0.1) is 0 Å². The lowest BCUT2D eigenvalue weighted by Gasteiger charge is -2.18. The number of esters is 3. The number of ether oxygens (including phenoxy) is 3. The summed E-state index contributed by atoms with van der Waals surface area (Å²) in [5.41, 5.74) is 0.